The quantitative estimate of drug-likeness (QED) is 0.594. The third-order valence-electron chi connectivity index (χ3n) is 2.36. The molecule has 0 aliphatic rings. The molecule has 15 heavy (non-hydrogen) atoms. The van der Waals surface area contributed by atoms with E-state index in [0.29, 0.717) is 18.9 Å². The van der Waals surface area contributed by atoms with E-state index >= 15 is 0 Å². The van der Waals surface area contributed by atoms with Crippen LogP contribution in [0.1, 0.15) is 32.6 Å². The largest absolute Gasteiger partial charge is 0.356 e. The smallest absolute Gasteiger partial charge is 0.220 e. The molecule has 0 aliphatic carbocycles. The van der Waals surface area contributed by atoms with Crippen molar-refractivity contribution in [2.45, 2.75) is 32.6 Å². The van der Waals surface area contributed by atoms with E-state index in [-0.39, 0.29) is 5.91 Å². The maximum Gasteiger partial charge on any atom is 0.220 e. The Balaban J connectivity index is 3.26. The number of rotatable bonds is 9. The summed E-state index contributed by atoms with van der Waals surface area (Å²) in [7, 11) is 0. The molecule has 0 spiro atoms. The molecule has 0 aromatic rings. The summed E-state index contributed by atoms with van der Waals surface area (Å²) < 4.78 is 0. The van der Waals surface area contributed by atoms with Gasteiger partial charge in [0.25, 0.3) is 0 Å². The predicted octanol–water partition coefficient (Wildman–Crippen LogP) is 1.62. The van der Waals surface area contributed by atoms with E-state index in [4.69, 9.17) is 5.73 Å². The van der Waals surface area contributed by atoms with Gasteiger partial charge in [-0.2, -0.15) is 11.8 Å². The SMILES string of the molecule is CSCCCCNC(=O)CCC(C)CN. The highest BCUT2D eigenvalue weighted by Gasteiger charge is 2.04. The molecular weight excluding hydrogens is 208 g/mol. The first-order chi connectivity index (χ1) is 7.20. The van der Waals surface area contributed by atoms with E-state index in [1.807, 2.05) is 11.8 Å². The minimum Gasteiger partial charge on any atom is -0.356 e. The zero-order valence-electron chi connectivity index (χ0n) is 9.92. The van der Waals surface area contributed by atoms with Gasteiger partial charge in [0.15, 0.2) is 0 Å². The molecule has 0 radical (unpaired) electrons. The van der Waals surface area contributed by atoms with Crippen molar-refractivity contribution in [1.82, 2.24) is 5.32 Å². The van der Waals surface area contributed by atoms with Crippen molar-refractivity contribution in [2.75, 3.05) is 25.1 Å². The lowest BCUT2D eigenvalue weighted by atomic mass is 10.1. The number of unbranched alkanes of at least 4 members (excludes halogenated alkanes) is 1. The average molecular weight is 232 g/mol. The highest BCUT2D eigenvalue weighted by Crippen LogP contribution is 2.03. The van der Waals surface area contributed by atoms with Gasteiger partial charge >= 0.3 is 0 Å². The Hall–Kier alpha value is -0.220. The first-order valence-electron chi connectivity index (χ1n) is 5.66. The summed E-state index contributed by atoms with van der Waals surface area (Å²) >= 11 is 1.85. The number of amides is 1. The molecule has 1 amide bonds. The summed E-state index contributed by atoms with van der Waals surface area (Å²) in [5.74, 6) is 1.80. The number of carbonyl (C=O) groups is 1. The lowest BCUT2D eigenvalue weighted by Crippen LogP contribution is -2.25. The minimum atomic E-state index is 0.166. The number of nitrogens with one attached hydrogen (secondary N) is 1. The fraction of sp³-hybridized carbons (Fsp3) is 0.909. The van der Waals surface area contributed by atoms with Crippen LogP contribution in [-0.4, -0.2) is 31.0 Å². The summed E-state index contributed by atoms with van der Waals surface area (Å²) in [6.45, 7) is 3.56. The molecule has 1 atom stereocenters. The summed E-state index contributed by atoms with van der Waals surface area (Å²) in [5, 5.41) is 2.93. The van der Waals surface area contributed by atoms with E-state index in [0.717, 1.165) is 19.4 Å². The third-order valence-corrected chi connectivity index (χ3v) is 3.06. The van der Waals surface area contributed by atoms with Crippen molar-refractivity contribution in [2.24, 2.45) is 11.7 Å². The molecule has 90 valence electrons. The van der Waals surface area contributed by atoms with Crippen LogP contribution in [0, 0.1) is 5.92 Å². The van der Waals surface area contributed by atoms with Crippen molar-refractivity contribution in [1.29, 1.82) is 0 Å². The van der Waals surface area contributed by atoms with Crippen molar-refractivity contribution >= 4 is 17.7 Å². The lowest BCUT2D eigenvalue weighted by Gasteiger charge is -2.08. The van der Waals surface area contributed by atoms with E-state index in [1.54, 1.807) is 0 Å². The monoisotopic (exact) mass is 232 g/mol. The molecule has 0 aromatic heterocycles. The summed E-state index contributed by atoms with van der Waals surface area (Å²) in [4.78, 5) is 11.3. The van der Waals surface area contributed by atoms with Gasteiger partial charge in [-0.15, -0.1) is 0 Å². The molecule has 1 unspecified atom stereocenters. The molecule has 4 heteroatoms. The van der Waals surface area contributed by atoms with Crippen LogP contribution in [0.2, 0.25) is 0 Å². The van der Waals surface area contributed by atoms with Crippen molar-refractivity contribution in [3.63, 3.8) is 0 Å². The average Bonchev–Trinajstić information content (AvgIpc) is 2.25. The Bertz CT molecular complexity index is 165. The molecule has 0 saturated carbocycles. The topological polar surface area (TPSA) is 55.1 Å². The molecule has 0 aliphatic heterocycles. The first kappa shape index (κ1) is 14.8. The van der Waals surface area contributed by atoms with E-state index in [9.17, 15) is 4.79 Å². The van der Waals surface area contributed by atoms with Crippen LogP contribution in [0.4, 0.5) is 0 Å². The Labute approximate surface area is 97.6 Å². The first-order valence-corrected chi connectivity index (χ1v) is 7.05. The number of hydrogen-bond donors (Lipinski definition) is 2. The normalized spacial score (nSPS) is 12.5. The van der Waals surface area contributed by atoms with Gasteiger partial charge in [0.1, 0.15) is 0 Å². The van der Waals surface area contributed by atoms with Crippen LogP contribution in [0.3, 0.4) is 0 Å². The summed E-state index contributed by atoms with van der Waals surface area (Å²) in [5.41, 5.74) is 5.48. The van der Waals surface area contributed by atoms with E-state index in [1.165, 1.54) is 12.2 Å². The maximum atomic E-state index is 11.3. The second-order valence-electron chi connectivity index (χ2n) is 3.93. The predicted molar refractivity (Wildman–Crippen MR) is 68.1 cm³/mol. The Morgan fingerprint density at radius 1 is 1.47 bits per heavy atom. The minimum absolute atomic E-state index is 0.166. The molecule has 3 N–H and O–H groups in total. The molecule has 0 aromatic carbocycles. The molecule has 0 fully saturated rings. The van der Waals surface area contributed by atoms with Gasteiger partial charge in [-0.25, -0.2) is 0 Å². The molecule has 0 saturated heterocycles. The molecular formula is C11H24N2OS. The molecule has 0 heterocycles. The number of thioether (sulfide) groups is 1. The zero-order valence-corrected chi connectivity index (χ0v) is 10.7. The molecule has 0 rings (SSSR count). The zero-order chi connectivity index (χ0) is 11.5. The number of nitrogens with two attached hydrogens (primary N) is 1. The van der Waals surface area contributed by atoms with Gasteiger partial charge in [-0.1, -0.05) is 6.92 Å². The van der Waals surface area contributed by atoms with Crippen LogP contribution >= 0.6 is 11.8 Å². The highest BCUT2D eigenvalue weighted by atomic mass is 32.2. The Kier molecular flexibility index (Phi) is 10.2. The number of hydrogen-bond acceptors (Lipinski definition) is 3. The van der Waals surface area contributed by atoms with E-state index in [2.05, 4.69) is 18.5 Å². The second-order valence-corrected chi connectivity index (χ2v) is 4.92. The van der Waals surface area contributed by atoms with E-state index < -0.39 is 0 Å². The molecule has 3 nitrogen and oxygen atoms in total. The second kappa shape index (κ2) is 10.3. The highest BCUT2D eigenvalue weighted by molar-refractivity contribution is 7.98. The number of carbonyl (C=O) groups excluding carboxylic acids is 1. The fourth-order valence-corrected chi connectivity index (χ4v) is 1.68. The molecule has 0 bridgehead atoms. The van der Waals surface area contributed by atoms with Crippen molar-refractivity contribution in [3.05, 3.63) is 0 Å². The van der Waals surface area contributed by atoms with Gasteiger partial charge in [0.05, 0.1) is 0 Å². The summed E-state index contributed by atoms with van der Waals surface area (Å²) in [6, 6.07) is 0. The van der Waals surface area contributed by atoms with Crippen LogP contribution < -0.4 is 11.1 Å². The van der Waals surface area contributed by atoms with Crippen molar-refractivity contribution < 1.29 is 4.79 Å². The van der Waals surface area contributed by atoms with Crippen molar-refractivity contribution in [3.8, 4) is 0 Å². The van der Waals surface area contributed by atoms with Crippen LogP contribution in [0.5, 0.6) is 0 Å². The third kappa shape index (κ3) is 10.1. The fourth-order valence-electron chi connectivity index (χ4n) is 1.18. The van der Waals surface area contributed by atoms with Crippen LogP contribution in [-0.2, 0) is 4.79 Å². The van der Waals surface area contributed by atoms with Gasteiger partial charge in [0.2, 0.25) is 5.91 Å². The van der Waals surface area contributed by atoms with Crippen LogP contribution in [0.25, 0.3) is 0 Å². The van der Waals surface area contributed by atoms with Gasteiger partial charge in [0, 0.05) is 13.0 Å². The van der Waals surface area contributed by atoms with Crippen LogP contribution in [0.15, 0.2) is 0 Å². The van der Waals surface area contributed by atoms with Gasteiger partial charge < -0.3 is 11.1 Å². The standard InChI is InChI=1S/C11H24N2OS/c1-10(9-12)5-6-11(14)13-7-3-4-8-15-2/h10H,3-9,12H2,1-2H3,(H,13,14). The van der Waals surface area contributed by atoms with Gasteiger partial charge in [-0.3, -0.25) is 4.79 Å². The Morgan fingerprint density at radius 3 is 2.80 bits per heavy atom. The maximum absolute atomic E-state index is 11.3. The lowest BCUT2D eigenvalue weighted by molar-refractivity contribution is -0.121. The van der Waals surface area contributed by atoms with Gasteiger partial charge in [-0.05, 0) is 43.7 Å². The Morgan fingerprint density at radius 2 is 2.20 bits per heavy atom. The summed E-state index contributed by atoms with van der Waals surface area (Å²) in [6.07, 6.45) is 5.88.